The lowest BCUT2D eigenvalue weighted by molar-refractivity contribution is 0.572. The van der Waals surface area contributed by atoms with Gasteiger partial charge in [0, 0.05) is 44.6 Å². The van der Waals surface area contributed by atoms with Gasteiger partial charge in [0.15, 0.2) is 11.4 Å². The number of rotatable bonds is 3. The van der Waals surface area contributed by atoms with Gasteiger partial charge in [-0.2, -0.15) is 0 Å². The van der Waals surface area contributed by atoms with E-state index in [1.807, 2.05) is 60.8 Å². The maximum Gasteiger partial charge on any atom is 0.180 e. The standard InChI is InChI=1S/C38H28N4O/c1-38(2,3)31-22-29(27-19-18-23-15-10-20-39-32(23)34(27)40-31)25-13-9-14-26(21-25)33-36-35(28-16-7-8-17-30(28)43-36)42-37(41-33)24-11-5-4-6-12-24/h4-22H,1-3H3. The molecule has 0 fully saturated rings. The fourth-order valence-electron chi connectivity index (χ4n) is 5.79. The number of benzene rings is 4. The SMILES string of the molecule is CC(C)(C)c1cc(-c2cccc(-c3nc(-c4ccccc4)nc4c3oc3ccccc34)c2)c2ccc3cccnc3c2n1. The third kappa shape index (κ3) is 4.24. The van der Waals surface area contributed by atoms with E-state index < -0.39 is 0 Å². The minimum Gasteiger partial charge on any atom is -0.452 e. The minimum absolute atomic E-state index is 0.144. The fraction of sp³-hybridized carbons (Fsp3) is 0.105. The molecule has 5 nitrogen and oxygen atoms in total. The summed E-state index contributed by atoms with van der Waals surface area (Å²) >= 11 is 0. The van der Waals surface area contributed by atoms with E-state index in [0.29, 0.717) is 11.4 Å². The highest BCUT2D eigenvalue weighted by atomic mass is 16.3. The Kier molecular flexibility index (Phi) is 5.63. The van der Waals surface area contributed by atoms with Gasteiger partial charge in [0.25, 0.3) is 0 Å². The molecule has 0 aliphatic heterocycles. The Labute approximate surface area is 248 Å². The Balaban J connectivity index is 1.40. The molecule has 0 aliphatic rings. The highest BCUT2D eigenvalue weighted by Crippen LogP contribution is 2.39. The fourth-order valence-corrected chi connectivity index (χ4v) is 5.79. The quantitative estimate of drug-likeness (QED) is 0.203. The van der Waals surface area contributed by atoms with E-state index in [1.165, 1.54) is 0 Å². The van der Waals surface area contributed by atoms with E-state index in [2.05, 4.69) is 75.4 Å². The lowest BCUT2D eigenvalue weighted by Gasteiger charge is -2.21. The van der Waals surface area contributed by atoms with E-state index >= 15 is 0 Å². The summed E-state index contributed by atoms with van der Waals surface area (Å²) in [7, 11) is 0. The first-order valence-corrected chi connectivity index (χ1v) is 14.5. The van der Waals surface area contributed by atoms with Crippen LogP contribution in [0.2, 0.25) is 0 Å². The largest absolute Gasteiger partial charge is 0.452 e. The summed E-state index contributed by atoms with van der Waals surface area (Å²) in [6, 6.07) is 37.3. The van der Waals surface area contributed by atoms with Crippen molar-refractivity contribution >= 4 is 43.9 Å². The number of aromatic nitrogens is 4. The van der Waals surface area contributed by atoms with Crippen LogP contribution in [0.1, 0.15) is 26.5 Å². The molecule has 4 aromatic heterocycles. The van der Waals surface area contributed by atoms with Gasteiger partial charge in [-0.25, -0.2) is 15.0 Å². The van der Waals surface area contributed by atoms with Gasteiger partial charge in [0.2, 0.25) is 0 Å². The first-order chi connectivity index (χ1) is 20.9. The normalized spacial score (nSPS) is 12.1. The van der Waals surface area contributed by atoms with Crippen molar-refractivity contribution in [2.24, 2.45) is 0 Å². The van der Waals surface area contributed by atoms with Crippen LogP contribution in [0.3, 0.4) is 0 Å². The molecule has 0 unspecified atom stereocenters. The van der Waals surface area contributed by atoms with Gasteiger partial charge in [0.1, 0.15) is 16.8 Å². The van der Waals surface area contributed by atoms with E-state index in [0.717, 1.165) is 71.9 Å². The third-order valence-corrected chi connectivity index (χ3v) is 8.02. The number of hydrogen-bond donors (Lipinski definition) is 0. The van der Waals surface area contributed by atoms with E-state index in [9.17, 15) is 0 Å². The number of fused-ring (bicyclic) bond motifs is 6. The number of furan rings is 1. The van der Waals surface area contributed by atoms with Crippen molar-refractivity contribution in [3.05, 3.63) is 121 Å². The highest BCUT2D eigenvalue weighted by molar-refractivity contribution is 6.09. The predicted molar refractivity (Wildman–Crippen MR) is 175 cm³/mol. The number of para-hydroxylation sites is 1. The van der Waals surface area contributed by atoms with Crippen molar-refractivity contribution in [1.82, 2.24) is 19.9 Å². The average Bonchev–Trinajstić information content (AvgIpc) is 3.42. The lowest BCUT2D eigenvalue weighted by atomic mass is 9.88. The second-order valence-corrected chi connectivity index (χ2v) is 12.0. The first-order valence-electron chi connectivity index (χ1n) is 14.5. The molecule has 5 heteroatoms. The average molecular weight is 557 g/mol. The third-order valence-electron chi connectivity index (χ3n) is 8.02. The molecule has 0 atom stereocenters. The second kappa shape index (κ2) is 9.57. The Morgan fingerprint density at radius 2 is 1.37 bits per heavy atom. The number of hydrogen-bond acceptors (Lipinski definition) is 5. The van der Waals surface area contributed by atoms with Crippen LogP contribution in [0.5, 0.6) is 0 Å². The molecule has 8 rings (SSSR count). The summed E-state index contributed by atoms with van der Waals surface area (Å²) in [5.41, 5.74) is 9.87. The molecule has 43 heavy (non-hydrogen) atoms. The van der Waals surface area contributed by atoms with E-state index in [1.54, 1.807) is 0 Å². The molecule has 0 amide bonds. The molecule has 0 bridgehead atoms. The maximum atomic E-state index is 6.41. The van der Waals surface area contributed by atoms with E-state index in [-0.39, 0.29) is 5.41 Å². The molecular formula is C38H28N4O. The van der Waals surface area contributed by atoms with Crippen LogP contribution in [-0.4, -0.2) is 19.9 Å². The monoisotopic (exact) mass is 556 g/mol. The van der Waals surface area contributed by atoms with Gasteiger partial charge in [0.05, 0.1) is 11.0 Å². The molecule has 0 radical (unpaired) electrons. The zero-order valence-corrected chi connectivity index (χ0v) is 24.2. The summed E-state index contributed by atoms with van der Waals surface area (Å²) < 4.78 is 6.41. The van der Waals surface area contributed by atoms with E-state index in [4.69, 9.17) is 24.4 Å². The zero-order chi connectivity index (χ0) is 29.1. The van der Waals surface area contributed by atoms with Crippen molar-refractivity contribution in [2.45, 2.75) is 26.2 Å². The van der Waals surface area contributed by atoms with Gasteiger partial charge in [-0.3, -0.25) is 4.98 Å². The van der Waals surface area contributed by atoms with Crippen LogP contribution in [-0.2, 0) is 5.41 Å². The first kappa shape index (κ1) is 25.3. The molecule has 0 saturated heterocycles. The maximum absolute atomic E-state index is 6.41. The van der Waals surface area contributed by atoms with Crippen molar-refractivity contribution < 1.29 is 4.42 Å². The van der Waals surface area contributed by atoms with Gasteiger partial charge in [-0.05, 0) is 41.5 Å². The summed E-state index contributed by atoms with van der Waals surface area (Å²) in [5, 5.41) is 3.12. The Bertz CT molecular complexity index is 2330. The molecule has 206 valence electrons. The lowest BCUT2D eigenvalue weighted by Crippen LogP contribution is -2.14. The summed E-state index contributed by atoms with van der Waals surface area (Å²) in [6.45, 7) is 6.60. The van der Waals surface area contributed by atoms with Crippen LogP contribution in [0.4, 0.5) is 0 Å². The molecule has 0 spiro atoms. The summed E-state index contributed by atoms with van der Waals surface area (Å²) in [6.07, 6.45) is 1.84. The van der Waals surface area contributed by atoms with Crippen molar-refractivity contribution in [1.29, 1.82) is 0 Å². The highest BCUT2D eigenvalue weighted by Gasteiger charge is 2.22. The molecule has 0 N–H and O–H groups in total. The van der Waals surface area contributed by atoms with Crippen LogP contribution < -0.4 is 0 Å². The molecule has 8 aromatic rings. The Hall–Kier alpha value is -5.42. The van der Waals surface area contributed by atoms with Crippen molar-refractivity contribution in [2.75, 3.05) is 0 Å². The van der Waals surface area contributed by atoms with Crippen LogP contribution in [0.15, 0.2) is 120 Å². The van der Waals surface area contributed by atoms with Crippen molar-refractivity contribution in [3.8, 4) is 33.8 Å². The Morgan fingerprint density at radius 3 is 2.23 bits per heavy atom. The molecular weight excluding hydrogens is 528 g/mol. The Morgan fingerprint density at radius 1 is 0.581 bits per heavy atom. The van der Waals surface area contributed by atoms with Gasteiger partial charge in [-0.1, -0.05) is 99.6 Å². The van der Waals surface area contributed by atoms with Gasteiger partial charge < -0.3 is 4.42 Å². The van der Waals surface area contributed by atoms with Gasteiger partial charge in [-0.15, -0.1) is 0 Å². The van der Waals surface area contributed by atoms with Crippen LogP contribution in [0, 0.1) is 0 Å². The number of nitrogens with zero attached hydrogens (tertiary/aromatic N) is 4. The smallest absolute Gasteiger partial charge is 0.180 e. The van der Waals surface area contributed by atoms with Crippen LogP contribution >= 0.6 is 0 Å². The van der Waals surface area contributed by atoms with Crippen molar-refractivity contribution in [3.63, 3.8) is 0 Å². The summed E-state index contributed by atoms with van der Waals surface area (Å²) in [4.78, 5) is 20.0. The molecule has 0 saturated carbocycles. The molecule has 4 aromatic carbocycles. The number of pyridine rings is 2. The predicted octanol–water partition coefficient (Wildman–Crippen LogP) is 9.77. The summed E-state index contributed by atoms with van der Waals surface area (Å²) in [5.74, 6) is 0.669. The van der Waals surface area contributed by atoms with Crippen LogP contribution in [0.25, 0.3) is 77.6 Å². The second-order valence-electron chi connectivity index (χ2n) is 12.0. The molecule has 0 aliphatic carbocycles. The van der Waals surface area contributed by atoms with Gasteiger partial charge >= 0.3 is 0 Å². The topological polar surface area (TPSA) is 64.7 Å². The zero-order valence-electron chi connectivity index (χ0n) is 24.2. The minimum atomic E-state index is -0.144. The molecule has 4 heterocycles.